The number of hydrogen-bond donors (Lipinski definition) is 1. The molecule has 1 atom stereocenters. The largest absolute Gasteiger partial charge is 0.354 e. The number of hydrogen-bond acceptors (Lipinski definition) is 3. The molecule has 24 heavy (non-hydrogen) atoms. The van der Waals surface area contributed by atoms with Gasteiger partial charge in [0.25, 0.3) is 0 Å². The molecule has 3 rings (SSSR count). The van der Waals surface area contributed by atoms with E-state index in [1.165, 1.54) is 6.42 Å². The molecular formula is C19H27N3O2. The SMILES string of the molecule is O=C(NCCc1ccccn1)C1CCCN1C(=O)C1CCCCC1. The predicted molar refractivity (Wildman–Crippen MR) is 92.3 cm³/mol. The van der Waals surface area contributed by atoms with Crippen LogP contribution in [0.15, 0.2) is 24.4 Å². The van der Waals surface area contributed by atoms with Crippen molar-refractivity contribution in [3.63, 3.8) is 0 Å². The molecule has 2 heterocycles. The van der Waals surface area contributed by atoms with Crippen LogP contribution in [0.3, 0.4) is 0 Å². The second kappa shape index (κ2) is 8.27. The van der Waals surface area contributed by atoms with Crippen LogP contribution in [0.4, 0.5) is 0 Å². The molecule has 0 bridgehead atoms. The molecule has 2 fully saturated rings. The minimum absolute atomic E-state index is 0.00686. The summed E-state index contributed by atoms with van der Waals surface area (Å²) >= 11 is 0. The van der Waals surface area contributed by atoms with Crippen LogP contribution in [0.5, 0.6) is 0 Å². The van der Waals surface area contributed by atoms with E-state index in [9.17, 15) is 9.59 Å². The maximum absolute atomic E-state index is 12.7. The van der Waals surface area contributed by atoms with E-state index in [1.807, 2.05) is 23.1 Å². The Morgan fingerprint density at radius 2 is 1.96 bits per heavy atom. The molecule has 0 aromatic carbocycles. The highest BCUT2D eigenvalue weighted by atomic mass is 16.2. The van der Waals surface area contributed by atoms with E-state index in [-0.39, 0.29) is 23.8 Å². The molecule has 1 unspecified atom stereocenters. The monoisotopic (exact) mass is 329 g/mol. The van der Waals surface area contributed by atoms with Gasteiger partial charge in [-0.2, -0.15) is 0 Å². The molecule has 2 amide bonds. The van der Waals surface area contributed by atoms with E-state index in [0.29, 0.717) is 6.54 Å². The van der Waals surface area contributed by atoms with Crippen molar-refractivity contribution in [2.45, 2.75) is 57.4 Å². The number of rotatable bonds is 5. The maximum Gasteiger partial charge on any atom is 0.242 e. The lowest BCUT2D eigenvalue weighted by Crippen LogP contribution is -2.48. The third-order valence-corrected chi connectivity index (χ3v) is 5.20. The van der Waals surface area contributed by atoms with Gasteiger partial charge in [-0.3, -0.25) is 14.6 Å². The first kappa shape index (κ1) is 16.9. The van der Waals surface area contributed by atoms with Gasteiger partial charge in [0.05, 0.1) is 0 Å². The summed E-state index contributed by atoms with van der Waals surface area (Å²) in [5, 5.41) is 2.99. The summed E-state index contributed by atoms with van der Waals surface area (Å²) in [6.45, 7) is 1.30. The summed E-state index contributed by atoms with van der Waals surface area (Å²) in [7, 11) is 0. The summed E-state index contributed by atoms with van der Waals surface area (Å²) in [5.41, 5.74) is 0.972. The van der Waals surface area contributed by atoms with Gasteiger partial charge >= 0.3 is 0 Å². The fourth-order valence-corrected chi connectivity index (χ4v) is 3.86. The lowest BCUT2D eigenvalue weighted by molar-refractivity contribution is -0.142. The van der Waals surface area contributed by atoms with Crippen LogP contribution in [-0.2, 0) is 16.0 Å². The molecule has 0 radical (unpaired) electrons. The number of carbonyl (C=O) groups excluding carboxylic acids is 2. The summed E-state index contributed by atoms with van der Waals surface area (Å²) < 4.78 is 0. The first-order valence-electron chi connectivity index (χ1n) is 9.24. The fraction of sp³-hybridized carbons (Fsp3) is 0.632. The zero-order valence-corrected chi connectivity index (χ0v) is 14.2. The highest BCUT2D eigenvalue weighted by Crippen LogP contribution is 2.28. The van der Waals surface area contributed by atoms with Crippen LogP contribution in [0, 0.1) is 5.92 Å². The number of nitrogens with zero attached hydrogens (tertiary/aromatic N) is 2. The lowest BCUT2D eigenvalue weighted by atomic mass is 9.88. The molecule has 0 spiro atoms. The van der Waals surface area contributed by atoms with Crippen molar-refractivity contribution in [3.8, 4) is 0 Å². The average Bonchev–Trinajstić information content (AvgIpc) is 3.12. The third-order valence-electron chi connectivity index (χ3n) is 5.20. The van der Waals surface area contributed by atoms with Crippen molar-refractivity contribution in [2.75, 3.05) is 13.1 Å². The van der Waals surface area contributed by atoms with Gasteiger partial charge in [0.1, 0.15) is 6.04 Å². The minimum Gasteiger partial charge on any atom is -0.354 e. The Labute approximate surface area is 143 Å². The van der Waals surface area contributed by atoms with Crippen LogP contribution in [0.2, 0.25) is 0 Å². The maximum atomic E-state index is 12.7. The predicted octanol–water partition coefficient (Wildman–Crippen LogP) is 2.31. The Hall–Kier alpha value is -1.91. The van der Waals surface area contributed by atoms with Crippen molar-refractivity contribution in [1.29, 1.82) is 0 Å². The summed E-state index contributed by atoms with van der Waals surface area (Å²) in [4.78, 5) is 31.4. The molecule has 1 saturated carbocycles. The molecule has 5 heteroatoms. The quantitative estimate of drug-likeness (QED) is 0.902. The van der Waals surface area contributed by atoms with Gasteiger partial charge in [0.2, 0.25) is 11.8 Å². The normalized spacial score (nSPS) is 21.7. The van der Waals surface area contributed by atoms with Gasteiger partial charge in [-0.1, -0.05) is 25.3 Å². The van der Waals surface area contributed by atoms with Gasteiger partial charge in [0, 0.05) is 37.3 Å². The Morgan fingerprint density at radius 1 is 1.12 bits per heavy atom. The van der Waals surface area contributed by atoms with Gasteiger partial charge in [0.15, 0.2) is 0 Å². The first-order chi connectivity index (χ1) is 11.8. The molecule has 2 aliphatic rings. The molecule has 1 aliphatic carbocycles. The minimum atomic E-state index is -0.275. The van der Waals surface area contributed by atoms with Crippen LogP contribution in [0.25, 0.3) is 0 Å². The number of amides is 2. The van der Waals surface area contributed by atoms with E-state index in [0.717, 1.165) is 57.2 Å². The highest BCUT2D eigenvalue weighted by molar-refractivity contribution is 5.89. The van der Waals surface area contributed by atoms with Crippen LogP contribution in [-0.4, -0.2) is 40.8 Å². The van der Waals surface area contributed by atoms with E-state index in [4.69, 9.17) is 0 Å². The second-order valence-electron chi connectivity index (χ2n) is 6.89. The van der Waals surface area contributed by atoms with Crippen molar-refractivity contribution in [1.82, 2.24) is 15.2 Å². The van der Waals surface area contributed by atoms with Gasteiger partial charge in [-0.15, -0.1) is 0 Å². The van der Waals surface area contributed by atoms with Crippen molar-refractivity contribution >= 4 is 11.8 Å². The summed E-state index contributed by atoms with van der Waals surface area (Å²) in [5.74, 6) is 0.338. The van der Waals surface area contributed by atoms with Crippen molar-refractivity contribution in [3.05, 3.63) is 30.1 Å². The van der Waals surface area contributed by atoms with Gasteiger partial charge < -0.3 is 10.2 Å². The number of likely N-dealkylation sites (tertiary alicyclic amines) is 1. The molecule has 1 saturated heterocycles. The standard InChI is InChI=1S/C19H27N3O2/c23-18(21-13-11-16-9-4-5-12-20-16)17-10-6-14-22(17)19(24)15-7-2-1-3-8-15/h4-5,9,12,15,17H,1-3,6-8,10-11,13-14H2,(H,21,23). The zero-order valence-electron chi connectivity index (χ0n) is 14.2. The molecular weight excluding hydrogens is 302 g/mol. The van der Waals surface area contributed by atoms with E-state index >= 15 is 0 Å². The van der Waals surface area contributed by atoms with Gasteiger partial charge in [-0.25, -0.2) is 0 Å². The number of carbonyl (C=O) groups is 2. The molecule has 5 nitrogen and oxygen atoms in total. The Bertz CT molecular complexity index is 555. The molecule has 130 valence electrons. The molecule has 1 N–H and O–H groups in total. The van der Waals surface area contributed by atoms with Crippen LogP contribution in [0.1, 0.15) is 50.6 Å². The first-order valence-corrected chi connectivity index (χ1v) is 9.24. The fourth-order valence-electron chi connectivity index (χ4n) is 3.86. The van der Waals surface area contributed by atoms with Crippen LogP contribution >= 0.6 is 0 Å². The Balaban J connectivity index is 1.50. The number of nitrogens with one attached hydrogen (secondary N) is 1. The topological polar surface area (TPSA) is 62.3 Å². The smallest absolute Gasteiger partial charge is 0.242 e. The van der Waals surface area contributed by atoms with Gasteiger partial charge in [-0.05, 0) is 37.8 Å². The molecule has 1 aromatic heterocycles. The van der Waals surface area contributed by atoms with Crippen LogP contribution < -0.4 is 5.32 Å². The Morgan fingerprint density at radius 3 is 2.71 bits per heavy atom. The number of aromatic nitrogens is 1. The van der Waals surface area contributed by atoms with Crippen molar-refractivity contribution in [2.24, 2.45) is 5.92 Å². The average molecular weight is 329 g/mol. The Kier molecular flexibility index (Phi) is 5.83. The molecule has 1 aromatic rings. The van der Waals surface area contributed by atoms with E-state index < -0.39 is 0 Å². The third kappa shape index (κ3) is 4.13. The summed E-state index contributed by atoms with van der Waals surface area (Å²) in [6.07, 6.45) is 9.70. The lowest BCUT2D eigenvalue weighted by Gasteiger charge is -2.30. The van der Waals surface area contributed by atoms with E-state index in [2.05, 4.69) is 10.3 Å². The van der Waals surface area contributed by atoms with E-state index in [1.54, 1.807) is 6.20 Å². The highest BCUT2D eigenvalue weighted by Gasteiger charge is 2.37. The second-order valence-corrected chi connectivity index (χ2v) is 6.89. The zero-order chi connectivity index (χ0) is 16.8. The summed E-state index contributed by atoms with van der Waals surface area (Å²) in [6, 6.07) is 5.52. The molecule has 1 aliphatic heterocycles. The number of pyridine rings is 1. The van der Waals surface area contributed by atoms with Crippen molar-refractivity contribution < 1.29 is 9.59 Å².